The number of hydrogen-bond donors (Lipinski definition) is 1. The van der Waals surface area contributed by atoms with Crippen molar-refractivity contribution < 1.29 is 18.7 Å². The van der Waals surface area contributed by atoms with Crippen molar-refractivity contribution in [2.45, 2.75) is 17.7 Å². The summed E-state index contributed by atoms with van der Waals surface area (Å²) in [5, 5.41) is 4.40. The molecule has 0 saturated heterocycles. The van der Waals surface area contributed by atoms with Crippen LogP contribution in [0.5, 0.6) is 11.5 Å². The zero-order valence-electron chi connectivity index (χ0n) is 14.4. The Morgan fingerprint density at radius 1 is 1.26 bits per heavy atom. The van der Waals surface area contributed by atoms with Gasteiger partial charge in [0.25, 0.3) is 0 Å². The van der Waals surface area contributed by atoms with Gasteiger partial charge < -0.3 is 9.47 Å². The summed E-state index contributed by atoms with van der Waals surface area (Å²) in [7, 11) is 0. The summed E-state index contributed by atoms with van der Waals surface area (Å²) in [6.45, 7) is 1.12. The number of hydrazone groups is 1. The number of benzene rings is 2. The zero-order chi connectivity index (χ0) is 19.1. The van der Waals surface area contributed by atoms with E-state index in [-0.39, 0.29) is 11.7 Å². The van der Waals surface area contributed by atoms with E-state index in [4.69, 9.17) is 21.1 Å². The number of amides is 1. The molecule has 0 atom stereocenters. The van der Waals surface area contributed by atoms with Crippen molar-refractivity contribution in [3.8, 4) is 11.5 Å². The van der Waals surface area contributed by atoms with Gasteiger partial charge in [-0.1, -0.05) is 11.6 Å². The third-order valence-electron chi connectivity index (χ3n) is 3.64. The number of nitrogens with one attached hydrogen (secondary N) is 1. The van der Waals surface area contributed by atoms with E-state index in [9.17, 15) is 9.18 Å². The van der Waals surface area contributed by atoms with Crippen molar-refractivity contribution in [1.29, 1.82) is 0 Å². The van der Waals surface area contributed by atoms with Crippen LogP contribution < -0.4 is 14.9 Å². The largest absolute Gasteiger partial charge is 0.489 e. The van der Waals surface area contributed by atoms with Gasteiger partial charge in [0, 0.05) is 23.5 Å². The lowest BCUT2D eigenvalue weighted by molar-refractivity contribution is -0.120. The average molecular weight is 409 g/mol. The van der Waals surface area contributed by atoms with Crippen LogP contribution in [-0.2, 0) is 4.79 Å². The van der Waals surface area contributed by atoms with Crippen LogP contribution in [0.3, 0.4) is 0 Å². The SMILES string of the molecule is O=C(CCSc1ccc(F)cc1)N/N=C\c1cc(Cl)c2c(c1)OCCCO2. The van der Waals surface area contributed by atoms with Crippen LogP contribution in [0.2, 0.25) is 5.02 Å². The van der Waals surface area contributed by atoms with E-state index >= 15 is 0 Å². The monoisotopic (exact) mass is 408 g/mol. The van der Waals surface area contributed by atoms with E-state index in [0.29, 0.717) is 47.5 Å². The Hall–Kier alpha value is -2.25. The summed E-state index contributed by atoms with van der Waals surface area (Å²) in [5.74, 6) is 1.20. The minimum Gasteiger partial charge on any atom is -0.489 e. The highest BCUT2D eigenvalue weighted by Gasteiger charge is 2.15. The van der Waals surface area contributed by atoms with Crippen LogP contribution in [0.25, 0.3) is 0 Å². The van der Waals surface area contributed by atoms with Crippen molar-refractivity contribution >= 4 is 35.5 Å². The number of carbonyl (C=O) groups is 1. The van der Waals surface area contributed by atoms with Gasteiger partial charge in [0.2, 0.25) is 5.91 Å². The maximum atomic E-state index is 12.8. The molecule has 1 N–H and O–H groups in total. The van der Waals surface area contributed by atoms with Gasteiger partial charge in [-0.05, 0) is 42.0 Å². The first-order chi connectivity index (χ1) is 13.1. The molecule has 27 heavy (non-hydrogen) atoms. The molecule has 0 aromatic heterocycles. The molecule has 0 spiro atoms. The Kier molecular flexibility index (Phi) is 6.95. The van der Waals surface area contributed by atoms with Crippen LogP contribution in [0.4, 0.5) is 4.39 Å². The molecule has 2 aromatic rings. The van der Waals surface area contributed by atoms with Crippen LogP contribution in [0, 0.1) is 5.82 Å². The van der Waals surface area contributed by atoms with E-state index in [1.807, 2.05) is 0 Å². The van der Waals surface area contributed by atoms with E-state index in [2.05, 4.69) is 10.5 Å². The van der Waals surface area contributed by atoms with Gasteiger partial charge in [-0.15, -0.1) is 11.8 Å². The lowest BCUT2D eigenvalue weighted by atomic mass is 10.2. The summed E-state index contributed by atoms with van der Waals surface area (Å²) < 4.78 is 24.0. The Morgan fingerprint density at radius 2 is 2.04 bits per heavy atom. The van der Waals surface area contributed by atoms with E-state index in [1.165, 1.54) is 30.1 Å². The third-order valence-corrected chi connectivity index (χ3v) is 4.93. The molecule has 0 saturated carbocycles. The van der Waals surface area contributed by atoms with Gasteiger partial charge in [0.15, 0.2) is 11.5 Å². The number of carbonyl (C=O) groups excluding carboxylic acids is 1. The number of hydrogen-bond acceptors (Lipinski definition) is 5. The predicted molar refractivity (Wildman–Crippen MR) is 105 cm³/mol. The Balaban J connectivity index is 1.48. The van der Waals surface area contributed by atoms with Gasteiger partial charge in [-0.2, -0.15) is 5.10 Å². The first kappa shape index (κ1) is 19.5. The molecule has 0 radical (unpaired) electrons. The fourth-order valence-corrected chi connectivity index (χ4v) is 3.48. The minimum atomic E-state index is -0.277. The lowest BCUT2D eigenvalue weighted by Crippen LogP contribution is -2.17. The number of thioether (sulfide) groups is 1. The van der Waals surface area contributed by atoms with Crippen molar-refractivity contribution in [2.24, 2.45) is 5.10 Å². The average Bonchev–Trinajstić information content (AvgIpc) is 2.89. The fraction of sp³-hybridized carbons (Fsp3) is 0.263. The molecule has 1 aliphatic heterocycles. The van der Waals surface area contributed by atoms with Crippen molar-refractivity contribution in [1.82, 2.24) is 5.43 Å². The molecule has 2 aromatic carbocycles. The normalized spacial score (nSPS) is 13.4. The summed E-state index contributed by atoms with van der Waals surface area (Å²) in [4.78, 5) is 12.8. The second kappa shape index (κ2) is 9.62. The molecule has 0 aliphatic carbocycles. The van der Waals surface area contributed by atoms with E-state index < -0.39 is 0 Å². The molecule has 0 unspecified atom stereocenters. The van der Waals surface area contributed by atoms with Crippen molar-refractivity contribution in [3.63, 3.8) is 0 Å². The predicted octanol–water partition coefficient (Wildman–Crippen LogP) is 4.27. The molecule has 0 fully saturated rings. The molecule has 1 heterocycles. The van der Waals surface area contributed by atoms with Gasteiger partial charge >= 0.3 is 0 Å². The van der Waals surface area contributed by atoms with Gasteiger partial charge in [-0.3, -0.25) is 4.79 Å². The summed E-state index contributed by atoms with van der Waals surface area (Å²) >= 11 is 7.70. The van der Waals surface area contributed by atoms with Crippen LogP contribution in [-0.4, -0.2) is 31.1 Å². The molecular formula is C19H18ClFN2O3S. The number of ether oxygens (including phenoxy) is 2. The summed E-state index contributed by atoms with van der Waals surface area (Å²) in [6.07, 6.45) is 2.59. The first-order valence-electron chi connectivity index (χ1n) is 8.41. The zero-order valence-corrected chi connectivity index (χ0v) is 16.0. The van der Waals surface area contributed by atoms with E-state index in [0.717, 1.165) is 11.3 Å². The minimum absolute atomic E-state index is 0.207. The molecule has 0 bridgehead atoms. The number of fused-ring (bicyclic) bond motifs is 1. The van der Waals surface area contributed by atoms with Gasteiger partial charge in [0.1, 0.15) is 5.82 Å². The highest BCUT2D eigenvalue weighted by Crippen LogP contribution is 2.37. The second-order valence-electron chi connectivity index (χ2n) is 5.73. The number of rotatable bonds is 6. The smallest absolute Gasteiger partial charge is 0.240 e. The topological polar surface area (TPSA) is 59.9 Å². The molecule has 5 nitrogen and oxygen atoms in total. The summed E-state index contributed by atoms with van der Waals surface area (Å²) in [5.41, 5.74) is 3.18. The standard InChI is InChI=1S/C19H18ClFN2O3S/c20-16-10-13(11-17-19(16)26-8-1-7-25-17)12-22-23-18(24)6-9-27-15-4-2-14(21)3-5-15/h2-5,10-12H,1,6-9H2,(H,23,24)/b22-12-. The van der Waals surface area contributed by atoms with Gasteiger partial charge in [0.05, 0.1) is 24.5 Å². The third kappa shape index (κ3) is 5.87. The highest BCUT2D eigenvalue weighted by molar-refractivity contribution is 7.99. The van der Waals surface area contributed by atoms with Crippen LogP contribution in [0.15, 0.2) is 46.4 Å². The van der Waals surface area contributed by atoms with E-state index in [1.54, 1.807) is 24.3 Å². The maximum Gasteiger partial charge on any atom is 0.240 e. The Morgan fingerprint density at radius 3 is 2.85 bits per heavy atom. The number of halogens is 2. The quantitative estimate of drug-likeness (QED) is 0.440. The Bertz CT molecular complexity index is 830. The molecule has 1 amide bonds. The molecular weight excluding hydrogens is 391 g/mol. The summed E-state index contributed by atoms with van der Waals surface area (Å²) in [6, 6.07) is 9.63. The Labute approximate surface area is 165 Å². The lowest BCUT2D eigenvalue weighted by Gasteiger charge is -2.09. The maximum absolute atomic E-state index is 12.8. The van der Waals surface area contributed by atoms with Gasteiger partial charge in [-0.25, -0.2) is 9.82 Å². The number of nitrogens with zero attached hydrogens (tertiary/aromatic N) is 1. The fourth-order valence-electron chi connectivity index (χ4n) is 2.35. The highest BCUT2D eigenvalue weighted by atomic mass is 35.5. The van der Waals surface area contributed by atoms with Crippen molar-refractivity contribution in [2.75, 3.05) is 19.0 Å². The second-order valence-corrected chi connectivity index (χ2v) is 7.30. The molecule has 3 rings (SSSR count). The first-order valence-corrected chi connectivity index (χ1v) is 9.77. The molecule has 1 aliphatic rings. The molecule has 8 heteroatoms. The van der Waals surface area contributed by atoms with Crippen LogP contribution in [0.1, 0.15) is 18.4 Å². The van der Waals surface area contributed by atoms with Crippen molar-refractivity contribution in [3.05, 3.63) is 52.8 Å². The van der Waals surface area contributed by atoms with Crippen LogP contribution >= 0.6 is 23.4 Å². The molecule has 142 valence electrons.